The second-order valence-corrected chi connectivity index (χ2v) is 7.96. The van der Waals surface area contributed by atoms with Crippen LogP contribution in [-0.2, 0) is 17.9 Å². The molecule has 0 atom stereocenters. The minimum absolute atomic E-state index is 0.0277. The zero-order chi connectivity index (χ0) is 24.5. The molecule has 1 N–H and O–H groups in total. The van der Waals surface area contributed by atoms with E-state index in [1.807, 2.05) is 24.3 Å². The van der Waals surface area contributed by atoms with Crippen molar-refractivity contribution in [1.29, 1.82) is 5.26 Å². The van der Waals surface area contributed by atoms with E-state index in [0.717, 1.165) is 16.9 Å². The summed E-state index contributed by atoms with van der Waals surface area (Å²) in [6.07, 6.45) is 1.49. The van der Waals surface area contributed by atoms with Crippen LogP contribution in [0.15, 0.2) is 66.2 Å². The summed E-state index contributed by atoms with van der Waals surface area (Å²) in [7, 11) is 3.10. The smallest absolute Gasteiger partial charge is 0.262 e. The van der Waals surface area contributed by atoms with Crippen molar-refractivity contribution in [2.24, 2.45) is 0 Å². The van der Waals surface area contributed by atoms with Crippen LogP contribution in [-0.4, -0.2) is 20.1 Å². The average Bonchev–Trinajstić information content (AvgIpc) is 2.87. The first-order valence-electron chi connectivity index (χ1n) is 10.2. The monoisotopic (exact) mass is 496 g/mol. The number of nitrogens with zero attached hydrogens (tertiary/aromatic N) is 1. The number of benzene rings is 3. The molecule has 0 bridgehead atoms. The minimum Gasteiger partial charge on any atom is -0.497 e. The molecule has 0 radical (unpaired) electrons. The molecule has 0 spiro atoms. The fourth-order valence-corrected chi connectivity index (χ4v) is 3.34. The van der Waals surface area contributed by atoms with E-state index in [2.05, 4.69) is 5.32 Å². The molecule has 0 aromatic heterocycles. The Morgan fingerprint density at radius 1 is 0.941 bits per heavy atom. The number of nitriles is 1. The van der Waals surface area contributed by atoms with Gasteiger partial charge in [0.1, 0.15) is 24.0 Å². The number of amides is 1. The van der Waals surface area contributed by atoms with Crippen molar-refractivity contribution in [3.8, 4) is 23.3 Å². The van der Waals surface area contributed by atoms with Crippen LogP contribution >= 0.6 is 23.2 Å². The van der Waals surface area contributed by atoms with Gasteiger partial charge in [0.05, 0.1) is 24.3 Å². The Labute approximate surface area is 208 Å². The minimum atomic E-state index is -0.475. The second-order valence-electron chi connectivity index (χ2n) is 7.15. The average molecular weight is 497 g/mol. The maximum Gasteiger partial charge on any atom is 0.262 e. The van der Waals surface area contributed by atoms with Gasteiger partial charge < -0.3 is 19.5 Å². The Morgan fingerprint density at radius 3 is 2.32 bits per heavy atom. The molecule has 0 saturated heterocycles. The molecule has 174 valence electrons. The van der Waals surface area contributed by atoms with Gasteiger partial charge in [0.25, 0.3) is 5.91 Å². The van der Waals surface area contributed by atoms with Crippen molar-refractivity contribution in [2.75, 3.05) is 14.2 Å². The molecule has 0 heterocycles. The Hall–Kier alpha value is -3.66. The molecule has 3 rings (SSSR count). The third kappa shape index (κ3) is 6.67. The summed E-state index contributed by atoms with van der Waals surface area (Å²) in [6.45, 7) is 0.548. The van der Waals surface area contributed by atoms with Gasteiger partial charge in [-0.25, -0.2) is 0 Å². The quantitative estimate of drug-likeness (QED) is 0.298. The van der Waals surface area contributed by atoms with Crippen LogP contribution in [0.5, 0.6) is 17.2 Å². The van der Waals surface area contributed by atoms with Gasteiger partial charge in [-0.1, -0.05) is 47.5 Å². The summed E-state index contributed by atoms with van der Waals surface area (Å²) < 4.78 is 16.4. The summed E-state index contributed by atoms with van der Waals surface area (Å²) >= 11 is 12.0. The Bertz CT molecular complexity index is 1230. The topological polar surface area (TPSA) is 80.6 Å². The highest BCUT2D eigenvalue weighted by atomic mass is 35.5. The normalized spacial score (nSPS) is 10.9. The fourth-order valence-electron chi connectivity index (χ4n) is 3.02. The first-order valence-corrected chi connectivity index (χ1v) is 11.0. The Morgan fingerprint density at radius 2 is 1.68 bits per heavy atom. The number of carbonyl (C=O) groups excluding carboxylic acids is 1. The van der Waals surface area contributed by atoms with Gasteiger partial charge in [0.15, 0.2) is 11.5 Å². The van der Waals surface area contributed by atoms with Gasteiger partial charge in [-0.3, -0.25) is 4.79 Å². The number of hydrogen-bond acceptors (Lipinski definition) is 5. The highest BCUT2D eigenvalue weighted by Gasteiger charge is 2.11. The van der Waals surface area contributed by atoms with Gasteiger partial charge in [0.2, 0.25) is 0 Å². The molecule has 0 unspecified atom stereocenters. The van der Waals surface area contributed by atoms with E-state index in [1.165, 1.54) is 13.2 Å². The van der Waals surface area contributed by atoms with Crippen LogP contribution in [0.1, 0.15) is 16.7 Å². The Balaban J connectivity index is 1.67. The van der Waals surface area contributed by atoms with Crippen molar-refractivity contribution >= 4 is 35.2 Å². The van der Waals surface area contributed by atoms with Crippen molar-refractivity contribution in [3.05, 3.63) is 93.0 Å². The van der Waals surface area contributed by atoms with Gasteiger partial charge in [0, 0.05) is 6.54 Å². The molecule has 0 aliphatic rings. The summed E-state index contributed by atoms with van der Waals surface area (Å²) in [6, 6.07) is 19.6. The molecule has 0 aliphatic carbocycles. The number of halogens is 2. The van der Waals surface area contributed by atoms with Crippen molar-refractivity contribution in [1.82, 2.24) is 5.32 Å². The summed E-state index contributed by atoms with van der Waals surface area (Å²) in [4.78, 5) is 12.5. The lowest BCUT2D eigenvalue weighted by molar-refractivity contribution is -0.117. The number of rotatable bonds is 9. The van der Waals surface area contributed by atoms with E-state index in [1.54, 1.807) is 49.6 Å². The second kappa shape index (κ2) is 12.0. The number of hydrogen-bond donors (Lipinski definition) is 1. The fraction of sp³-hybridized carbons (Fsp3) is 0.154. The number of methoxy groups -OCH3 is 2. The van der Waals surface area contributed by atoms with E-state index in [4.69, 9.17) is 37.4 Å². The van der Waals surface area contributed by atoms with Crippen LogP contribution in [0.3, 0.4) is 0 Å². The molecule has 0 fully saturated rings. The van der Waals surface area contributed by atoms with Crippen molar-refractivity contribution in [2.45, 2.75) is 13.2 Å². The number of ether oxygens (including phenoxy) is 3. The van der Waals surface area contributed by atoms with Crippen LogP contribution in [0.4, 0.5) is 0 Å². The zero-order valence-electron chi connectivity index (χ0n) is 18.6. The highest BCUT2D eigenvalue weighted by Crippen LogP contribution is 2.30. The lowest BCUT2D eigenvalue weighted by atomic mass is 10.1. The van der Waals surface area contributed by atoms with Crippen molar-refractivity contribution < 1.29 is 19.0 Å². The Kier molecular flexibility index (Phi) is 8.80. The largest absolute Gasteiger partial charge is 0.497 e. The molecule has 0 saturated carbocycles. The molecule has 0 aliphatic heterocycles. The molecular formula is C26H22Cl2N2O4. The summed E-state index contributed by atoms with van der Waals surface area (Å²) in [5, 5.41) is 13.2. The van der Waals surface area contributed by atoms with Crippen LogP contribution < -0.4 is 19.5 Å². The predicted octanol–water partition coefficient (Wildman–Crippen LogP) is 5.81. The maximum absolute atomic E-state index is 12.5. The number of carbonyl (C=O) groups is 1. The third-order valence-corrected chi connectivity index (χ3v) is 5.59. The first-order chi connectivity index (χ1) is 16.4. The molecule has 3 aromatic rings. The van der Waals surface area contributed by atoms with E-state index in [9.17, 15) is 10.1 Å². The van der Waals surface area contributed by atoms with Gasteiger partial charge in [-0.05, 0) is 59.2 Å². The molecular weight excluding hydrogens is 475 g/mol. The highest BCUT2D eigenvalue weighted by molar-refractivity contribution is 6.42. The summed E-state index contributed by atoms with van der Waals surface area (Å²) in [5.41, 5.74) is 2.33. The van der Waals surface area contributed by atoms with Gasteiger partial charge in [-0.2, -0.15) is 5.26 Å². The molecule has 8 heteroatoms. The molecule has 34 heavy (non-hydrogen) atoms. The SMILES string of the molecule is COc1ccc(CNC(=O)/C(C#N)=C\c2ccc(OCc3ccc(Cl)c(Cl)c3)c(OC)c2)cc1. The zero-order valence-corrected chi connectivity index (χ0v) is 20.1. The molecule has 1 amide bonds. The van der Waals surface area contributed by atoms with Gasteiger partial charge >= 0.3 is 0 Å². The van der Waals surface area contributed by atoms with Crippen molar-refractivity contribution in [3.63, 3.8) is 0 Å². The predicted molar refractivity (Wildman–Crippen MR) is 132 cm³/mol. The van der Waals surface area contributed by atoms with E-state index >= 15 is 0 Å². The number of nitrogens with one attached hydrogen (secondary N) is 1. The molecule has 3 aromatic carbocycles. The van der Waals surface area contributed by atoms with Crippen LogP contribution in [0.2, 0.25) is 10.0 Å². The molecule has 6 nitrogen and oxygen atoms in total. The van der Waals surface area contributed by atoms with E-state index in [0.29, 0.717) is 27.1 Å². The maximum atomic E-state index is 12.5. The third-order valence-electron chi connectivity index (χ3n) is 4.85. The summed E-state index contributed by atoms with van der Waals surface area (Å²) in [5.74, 6) is 1.22. The van der Waals surface area contributed by atoms with E-state index in [-0.39, 0.29) is 18.7 Å². The van der Waals surface area contributed by atoms with Crippen LogP contribution in [0, 0.1) is 11.3 Å². The lowest BCUT2D eigenvalue weighted by Gasteiger charge is -2.12. The van der Waals surface area contributed by atoms with Crippen LogP contribution in [0.25, 0.3) is 6.08 Å². The van der Waals surface area contributed by atoms with Gasteiger partial charge in [-0.15, -0.1) is 0 Å². The lowest BCUT2D eigenvalue weighted by Crippen LogP contribution is -2.23. The standard InChI is InChI=1S/C26H22Cl2N2O4/c1-32-21-7-3-17(4-8-21)15-30-26(31)20(14-29)11-18-6-10-24(25(13-18)33-2)34-16-19-5-9-22(27)23(28)12-19/h3-13H,15-16H2,1-2H3,(H,30,31)/b20-11-. The van der Waals surface area contributed by atoms with E-state index < -0.39 is 5.91 Å². The first kappa shape index (κ1) is 25.0.